The van der Waals surface area contributed by atoms with Crippen molar-refractivity contribution in [1.29, 1.82) is 0 Å². The summed E-state index contributed by atoms with van der Waals surface area (Å²) >= 11 is 0. The van der Waals surface area contributed by atoms with Crippen LogP contribution in [0.1, 0.15) is 36.2 Å². The van der Waals surface area contributed by atoms with Crippen LogP contribution in [-0.2, 0) is 11.3 Å². The molecule has 0 radical (unpaired) electrons. The molecule has 5 heteroatoms. The van der Waals surface area contributed by atoms with E-state index in [4.69, 9.17) is 4.74 Å². The highest BCUT2D eigenvalue weighted by atomic mass is 16.5. The molecule has 0 unspecified atom stereocenters. The number of ether oxygens (including phenoxy) is 1. The van der Waals surface area contributed by atoms with Crippen LogP contribution in [0.15, 0.2) is 48.5 Å². The standard InChI is InChI=1S/C20H22N2O3/c1-3-14(2)21-20(24)16-10-8-15(9-11-16)12-22-17-6-4-5-7-18(17)25-13-19(22)23/h4-11,14H,3,12-13H2,1-2H3,(H,21,24)/t14-/m0/s1. The SMILES string of the molecule is CC[C@H](C)NC(=O)c1ccc(CN2C(=O)COc3ccccc32)cc1. The Morgan fingerprint density at radius 2 is 1.92 bits per heavy atom. The van der Waals surface area contributed by atoms with Gasteiger partial charge in [-0.2, -0.15) is 0 Å². The predicted molar refractivity (Wildman–Crippen MR) is 96.8 cm³/mol. The maximum Gasteiger partial charge on any atom is 0.265 e. The number of nitrogens with one attached hydrogen (secondary N) is 1. The lowest BCUT2D eigenvalue weighted by molar-refractivity contribution is -0.121. The number of carbonyl (C=O) groups is 2. The van der Waals surface area contributed by atoms with Crippen LogP contribution < -0.4 is 15.0 Å². The summed E-state index contributed by atoms with van der Waals surface area (Å²) in [6.45, 7) is 4.51. The van der Waals surface area contributed by atoms with Crippen molar-refractivity contribution in [3.05, 3.63) is 59.7 Å². The van der Waals surface area contributed by atoms with Gasteiger partial charge in [-0.05, 0) is 43.2 Å². The van der Waals surface area contributed by atoms with E-state index in [0.29, 0.717) is 17.9 Å². The lowest BCUT2D eigenvalue weighted by Gasteiger charge is -2.29. The molecule has 3 rings (SSSR count). The van der Waals surface area contributed by atoms with E-state index in [1.165, 1.54) is 0 Å². The van der Waals surface area contributed by atoms with Crippen LogP contribution in [0.4, 0.5) is 5.69 Å². The molecule has 1 atom stereocenters. The van der Waals surface area contributed by atoms with E-state index in [-0.39, 0.29) is 24.5 Å². The second kappa shape index (κ2) is 7.38. The molecule has 25 heavy (non-hydrogen) atoms. The van der Waals surface area contributed by atoms with Gasteiger partial charge >= 0.3 is 0 Å². The van der Waals surface area contributed by atoms with Crippen LogP contribution in [0.2, 0.25) is 0 Å². The first-order valence-electron chi connectivity index (χ1n) is 8.50. The number of benzene rings is 2. The Morgan fingerprint density at radius 3 is 2.64 bits per heavy atom. The lowest BCUT2D eigenvalue weighted by atomic mass is 10.1. The highest BCUT2D eigenvalue weighted by molar-refractivity contribution is 5.98. The summed E-state index contributed by atoms with van der Waals surface area (Å²) in [5.41, 5.74) is 2.36. The largest absolute Gasteiger partial charge is 0.482 e. The minimum Gasteiger partial charge on any atom is -0.482 e. The molecule has 2 aromatic carbocycles. The summed E-state index contributed by atoms with van der Waals surface area (Å²) < 4.78 is 5.46. The molecule has 0 bridgehead atoms. The summed E-state index contributed by atoms with van der Waals surface area (Å²) in [5, 5.41) is 2.95. The van der Waals surface area contributed by atoms with Crippen molar-refractivity contribution in [2.24, 2.45) is 0 Å². The van der Waals surface area contributed by atoms with E-state index in [1.54, 1.807) is 17.0 Å². The van der Waals surface area contributed by atoms with Gasteiger partial charge in [0.15, 0.2) is 6.61 Å². The third-order valence-corrected chi connectivity index (χ3v) is 4.35. The van der Waals surface area contributed by atoms with Crippen molar-refractivity contribution in [2.45, 2.75) is 32.9 Å². The highest BCUT2D eigenvalue weighted by Crippen LogP contribution is 2.32. The van der Waals surface area contributed by atoms with Crippen LogP contribution in [-0.4, -0.2) is 24.5 Å². The van der Waals surface area contributed by atoms with Crippen LogP contribution in [0, 0.1) is 0 Å². The fourth-order valence-electron chi connectivity index (χ4n) is 2.68. The van der Waals surface area contributed by atoms with E-state index in [1.807, 2.05) is 50.2 Å². The smallest absolute Gasteiger partial charge is 0.265 e. The molecule has 0 spiro atoms. The molecule has 130 valence electrons. The summed E-state index contributed by atoms with van der Waals surface area (Å²) in [7, 11) is 0. The molecule has 1 aliphatic heterocycles. The molecule has 0 aromatic heterocycles. The van der Waals surface area contributed by atoms with Gasteiger partial charge in [-0.1, -0.05) is 31.2 Å². The number of carbonyl (C=O) groups excluding carboxylic acids is 2. The van der Waals surface area contributed by atoms with Gasteiger partial charge in [0.25, 0.3) is 11.8 Å². The van der Waals surface area contributed by atoms with Crippen molar-refractivity contribution in [1.82, 2.24) is 5.32 Å². The third kappa shape index (κ3) is 3.82. The Bertz CT molecular complexity index is 771. The molecule has 2 aromatic rings. The van der Waals surface area contributed by atoms with Crippen molar-refractivity contribution in [3.63, 3.8) is 0 Å². The molecule has 0 fully saturated rings. The normalized spacial score (nSPS) is 14.5. The van der Waals surface area contributed by atoms with Crippen LogP contribution in [0.25, 0.3) is 0 Å². The first-order chi connectivity index (χ1) is 12.1. The number of rotatable bonds is 5. The zero-order valence-electron chi connectivity index (χ0n) is 14.5. The molecule has 2 amide bonds. The third-order valence-electron chi connectivity index (χ3n) is 4.35. The van der Waals surface area contributed by atoms with Crippen molar-refractivity contribution < 1.29 is 14.3 Å². The first-order valence-corrected chi connectivity index (χ1v) is 8.50. The molecule has 1 heterocycles. The number of hydrogen-bond donors (Lipinski definition) is 1. The molecule has 0 aliphatic carbocycles. The van der Waals surface area contributed by atoms with E-state index < -0.39 is 0 Å². The van der Waals surface area contributed by atoms with Gasteiger partial charge in [-0.15, -0.1) is 0 Å². The Hall–Kier alpha value is -2.82. The maximum atomic E-state index is 12.2. The van der Waals surface area contributed by atoms with Gasteiger partial charge in [0.1, 0.15) is 5.75 Å². The molecule has 0 saturated heterocycles. The van der Waals surface area contributed by atoms with Crippen molar-refractivity contribution >= 4 is 17.5 Å². The number of nitrogens with zero attached hydrogens (tertiary/aromatic N) is 1. The summed E-state index contributed by atoms with van der Waals surface area (Å²) in [6, 6.07) is 15.0. The number of anilines is 1. The number of hydrogen-bond acceptors (Lipinski definition) is 3. The number of amides is 2. The van der Waals surface area contributed by atoms with Crippen LogP contribution in [0.3, 0.4) is 0 Å². The van der Waals surface area contributed by atoms with E-state index in [2.05, 4.69) is 5.32 Å². The topological polar surface area (TPSA) is 58.6 Å². The van der Waals surface area contributed by atoms with E-state index in [9.17, 15) is 9.59 Å². The first kappa shape index (κ1) is 17.0. The number of para-hydroxylation sites is 2. The van der Waals surface area contributed by atoms with Crippen molar-refractivity contribution in [2.75, 3.05) is 11.5 Å². The highest BCUT2D eigenvalue weighted by Gasteiger charge is 2.25. The Labute approximate surface area is 147 Å². The van der Waals surface area contributed by atoms with Gasteiger partial charge in [0.05, 0.1) is 12.2 Å². The van der Waals surface area contributed by atoms with Gasteiger partial charge in [0, 0.05) is 11.6 Å². The lowest BCUT2D eigenvalue weighted by Crippen LogP contribution is -2.38. The van der Waals surface area contributed by atoms with Gasteiger partial charge in [-0.25, -0.2) is 0 Å². The van der Waals surface area contributed by atoms with Gasteiger partial charge in [0.2, 0.25) is 0 Å². The maximum absolute atomic E-state index is 12.2. The van der Waals surface area contributed by atoms with Crippen molar-refractivity contribution in [3.8, 4) is 5.75 Å². The van der Waals surface area contributed by atoms with E-state index in [0.717, 1.165) is 17.7 Å². The van der Waals surface area contributed by atoms with Crippen LogP contribution in [0.5, 0.6) is 5.75 Å². The average molecular weight is 338 g/mol. The summed E-state index contributed by atoms with van der Waals surface area (Å²) in [6.07, 6.45) is 0.891. The van der Waals surface area contributed by atoms with E-state index >= 15 is 0 Å². The molecule has 1 aliphatic rings. The average Bonchev–Trinajstić information content (AvgIpc) is 2.64. The predicted octanol–water partition coefficient (Wildman–Crippen LogP) is 3.14. The monoisotopic (exact) mass is 338 g/mol. The fraction of sp³-hybridized carbons (Fsp3) is 0.300. The molecule has 5 nitrogen and oxygen atoms in total. The molecular formula is C20H22N2O3. The Morgan fingerprint density at radius 1 is 1.20 bits per heavy atom. The minimum atomic E-state index is -0.0753. The Kier molecular flexibility index (Phi) is 5.03. The second-order valence-corrected chi connectivity index (χ2v) is 6.22. The zero-order chi connectivity index (χ0) is 17.8. The number of fused-ring (bicyclic) bond motifs is 1. The minimum absolute atomic E-state index is 0.0480. The quantitative estimate of drug-likeness (QED) is 0.911. The zero-order valence-corrected chi connectivity index (χ0v) is 14.5. The summed E-state index contributed by atoms with van der Waals surface area (Å²) in [5.74, 6) is 0.567. The fourth-order valence-corrected chi connectivity index (χ4v) is 2.68. The molecule has 0 saturated carbocycles. The second-order valence-electron chi connectivity index (χ2n) is 6.22. The Balaban J connectivity index is 1.74. The van der Waals surface area contributed by atoms with Crippen LogP contribution >= 0.6 is 0 Å². The molecular weight excluding hydrogens is 316 g/mol. The summed E-state index contributed by atoms with van der Waals surface area (Å²) in [4.78, 5) is 26.1. The van der Waals surface area contributed by atoms with Gasteiger partial charge in [-0.3, -0.25) is 9.59 Å². The molecule has 1 N–H and O–H groups in total. The van der Waals surface area contributed by atoms with Gasteiger partial charge < -0.3 is 15.0 Å².